The number of amides is 2. The molecule has 110 valence electrons. The summed E-state index contributed by atoms with van der Waals surface area (Å²) in [5.74, 6) is -1.08. The summed E-state index contributed by atoms with van der Waals surface area (Å²) in [5, 5.41) is 5.16. The molecule has 0 heterocycles. The highest BCUT2D eigenvalue weighted by molar-refractivity contribution is 5.73. The molecule has 2 N–H and O–H groups in total. The third-order valence-electron chi connectivity index (χ3n) is 2.98. The largest absolute Gasteiger partial charge is 0.334 e. The van der Waals surface area contributed by atoms with Gasteiger partial charge in [0.2, 0.25) is 0 Å². The molecule has 0 radical (unpaired) electrons. The molecule has 0 unspecified atom stereocenters. The summed E-state index contributed by atoms with van der Waals surface area (Å²) in [5.41, 5.74) is 2.19. The molecule has 0 aliphatic rings. The number of aryl methyl sites for hydroxylation is 1. The Bertz CT molecular complexity index is 644. The average Bonchev–Trinajstić information content (AvgIpc) is 2.46. The smallest absolute Gasteiger partial charge is 0.315 e. The molecule has 0 atom stereocenters. The van der Waals surface area contributed by atoms with Gasteiger partial charge in [0.25, 0.3) is 0 Å². The van der Waals surface area contributed by atoms with Gasteiger partial charge in [0.15, 0.2) is 0 Å². The number of rotatable bonds is 4. The lowest BCUT2D eigenvalue weighted by Gasteiger charge is -2.09. The van der Waals surface area contributed by atoms with Crippen LogP contribution in [0.2, 0.25) is 0 Å². The second-order valence-electron chi connectivity index (χ2n) is 4.76. The van der Waals surface area contributed by atoms with Gasteiger partial charge in [0.05, 0.1) is 0 Å². The quantitative estimate of drug-likeness (QED) is 0.891. The van der Waals surface area contributed by atoms with Crippen molar-refractivity contribution in [1.82, 2.24) is 10.6 Å². The SMILES string of the molecule is Cc1cccc(CNC(=O)NCc2cc(F)ccc2F)c1. The minimum atomic E-state index is -0.546. The number of carbonyl (C=O) groups is 1. The second-order valence-corrected chi connectivity index (χ2v) is 4.76. The first-order valence-electron chi connectivity index (χ1n) is 6.56. The van der Waals surface area contributed by atoms with Crippen LogP contribution in [0.3, 0.4) is 0 Å². The molecule has 0 aromatic heterocycles. The molecule has 0 spiro atoms. The van der Waals surface area contributed by atoms with E-state index in [4.69, 9.17) is 0 Å². The third-order valence-corrected chi connectivity index (χ3v) is 2.98. The zero-order chi connectivity index (χ0) is 15.2. The summed E-state index contributed by atoms with van der Waals surface area (Å²) in [4.78, 5) is 11.6. The average molecular weight is 290 g/mol. The van der Waals surface area contributed by atoms with E-state index in [2.05, 4.69) is 10.6 Å². The van der Waals surface area contributed by atoms with Crippen molar-refractivity contribution in [1.29, 1.82) is 0 Å². The van der Waals surface area contributed by atoms with Crippen LogP contribution in [0.1, 0.15) is 16.7 Å². The summed E-state index contributed by atoms with van der Waals surface area (Å²) >= 11 is 0. The number of benzene rings is 2. The van der Waals surface area contributed by atoms with Crippen molar-refractivity contribution < 1.29 is 13.6 Å². The van der Waals surface area contributed by atoms with Gasteiger partial charge in [-0.1, -0.05) is 29.8 Å². The fourth-order valence-corrected chi connectivity index (χ4v) is 1.92. The van der Waals surface area contributed by atoms with Crippen LogP contribution in [0, 0.1) is 18.6 Å². The van der Waals surface area contributed by atoms with Crippen molar-refractivity contribution in [3.05, 3.63) is 70.8 Å². The number of carbonyl (C=O) groups excluding carboxylic acids is 1. The first-order valence-corrected chi connectivity index (χ1v) is 6.56. The molecule has 0 aliphatic carbocycles. The summed E-state index contributed by atoms with van der Waals surface area (Å²) in [7, 11) is 0. The monoisotopic (exact) mass is 290 g/mol. The Labute approximate surface area is 122 Å². The van der Waals surface area contributed by atoms with Gasteiger partial charge >= 0.3 is 6.03 Å². The maximum atomic E-state index is 13.4. The predicted molar refractivity (Wildman–Crippen MR) is 76.6 cm³/mol. The van der Waals surface area contributed by atoms with Crippen LogP contribution in [0.4, 0.5) is 13.6 Å². The summed E-state index contributed by atoms with van der Waals surface area (Å²) < 4.78 is 26.4. The Morgan fingerprint density at radius 1 is 1.05 bits per heavy atom. The van der Waals surface area contributed by atoms with Crippen molar-refractivity contribution >= 4 is 6.03 Å². The fraction of sp³-hybridized carbons (Fsp3) is 0.188. The molecule has 0 saturated carbocycles. The van der Waals surface area contributed by atoms with E-state index in [1.807, 2.05) is 31.2 Å². The van der Waals surface area contributed by atoms with Crippen LogP contribution in [-0.2, 0) is 13.1 Å². The molecule has 0 bridgehead atoms. The van der Waals surface area contributed by atoms with Crippen molar-refractivity contribution in [2.75, 3.05) is 0 Å². The van der Waals surface area contributed by atoms with Gasteiger partial charge in [-0.15, -0.1) is 0 Å². The molecule has 21 heavy (non-hydrogen) atoms. The molecule has 2 aromatic carbocycles. The molecule has 3 nitrogen and oxygen atoms in total. The summed E-state index contributed by atoms with van der Waals surface area (Å²) in [6.07, 6.45) is 0. The lowest BCUT2D eigenvalue weighted by molar-refractivity contribution is 0.240. The van der Waals surface area contributed by atoms with Gasteiger partial charge < -0.3 is 10.6 Å². The van der Waals surface area contributed by atoms with Crippen molar-refractivity contribution in [2.45, 2.75) is 20.0 Å². The molecule has 0 saturated heterocycles. The Hall–Kier alpha value is -2.43. The Kier molecular flexibility index (Phi) is 4.87. The third kappa shape index (κ3) is 4.56. The number of urea groups is 1. The van der Waals surface area contributed by atoms with E-state index >= 15 is 0 Å². The van der Waals surface area contributed by atoms with Gasteiger partial charge in [-0.05, 0) is 30.7 Å². The second kappa shape index (κ2) is 6.83. The first-order chi connectivity index (χ1) is 10.0. The summed E-state index contributed by atoms with van der Waals surface area (Å²) in [6, 6.07) is 10.5. The zero-order valence-electron chi connectivity index (χ0n) is 11.6. The van der Waals surface area contributed by atoms with E-state index in [1.165, 1.54) is 0 Å². The van der Waals surface area contributed by atoms with Crippen LogP contribution in [0.15, 0.2) is 42.5 Å². The van der Waals surface area contributed by atoms with Crippen LogP contribution in [0.25, 0.3) is 0 Å². The highest BCUT2D eigenvalue weighted by atomic mass is 19.1. The van der Waals surface area contributed by atoms with Crippen LogP contribution < -0.4 is 10.6 Å². The predicted octanol–water partition coefficient (Wildman–Crippen LogP) is 3.27. The summed E-state index contributed by atoms with van der Waals surface area (Å²) in [6.45, 7) is 2.28. The van der Waals surface area contributed by atoms with Gasteiger partial charge in [0.1, 0.15) is 11.6 Å². The van der Waals surface area contributed by atoms with Gasteiger partial charge in [-0.3, -0.25) is 0 Å². The topological polar surface area (TPSA) is 41.1 Å². The fourth-order valence-electron chi connectivity index (χ4n) is 1.92. The molecule has 2 rings (SSSR count). The molecule has 0 fully saturated rings. The Morgan fingerprint density at radius 2 is 1.81 bits per heavy atom. The lowest BCUT2D eigenvalue weighted by Crippen LogP contribution is -2.34. The highest BCUT2D eigenvalue weighted by Gasteiger charge is 2.06. The normalized spacial score (nSPS) is 10.2. The zero-order valence-corrected chi connectivity index (χ0v) is 11.6. The Balaban J connectivity index is 1.83. The molecule has 5 heteroatoms. The van der Waals surface area contributed by atoms with Crippen molar-refractivity contribution in [2.24, 2.45) is 0 Å². The molecule has 2 amide bonds. The highest BCUT2D eigenvalue weighted by Crippen LogP contribution is 2.09. The van der Waals surface area contributed by atoms with Gasteiger partial charge in [0, 0.05) is 18.7 Å². The number of nitrogens with one attached hydrogen (secondary N) is 2. The lowest BCUT2D eigenvalue weighted by atomic mass is 10.1. The van der Waals surface area contributed by atoms with E-state index in [-0.39, 0.29) is 12.1 Å². The minimum Gasteiger partial charge on any atom is -0.334 e. The van der Waals surface area contributed by atoms with Gasteiger partial charge in [-0.25, -0.2) is 13.6 Å². The minimum absolute atomic E-state index is 0.0662. The van der Waals surface area contributed by atoms with Crippen molar-refractivity contribution in [3.63, 3.8) is 0 Å². The van der Waals surface area contributed by atoms with Crippen LogP contribution in [-0.4, -0.2) is 6.03 Å². The number of halogens is 2. The number of hydrogen-bond donors (Lipinski definition) is 2. The maximum absolute atomic E-state index is 13.4. The van der Waals surface area contributed by atoms with Crippen molar-refractivity contribution in [3.8, 4) is 0 Å². The van der Waals surface area contributed by atoms with E-state index in [0.717, 1.165) is 29.3 Å². The van der Waals surface area contributed by atoms with E-state index < -0.39 is 17.7 Å². The molecular formula is C16H16F2N2O. The van der Waals surface area contributed by atoms with Gasteiger partial charge in [-0.2, -0.15) is 0 Å². The Morgan fingerprint density at radius 3 is 2.57 bits per heavy atom. The first kappa shape index (κ1) is 15.0. The van der Waals surface area contributed by atoms with Crippen LogP contribution >= 0.6 is 0 Å². The molecule has 0 aliphatic heterocycles. The standard InChI is InChI=1S/C16H16F2N2O/c1-11-3-2-4-12(7-11)9-19-16(21)20-10-13-8-14(17)5-6-15(13)18/h2-8H,9-10H2,1H3,(H2,19,20,21). The maximum Gasteiger partial charge on any atom is 0.315 e. The van der Waals surface area contributed by atoms with E-state index in [1.54, 1.807) is 0 Å². The number of hydrogen-bond acceptors (Lipinski definition) is 1. The van der Waals surface area contributed by atoms with Crippen LogP contribution in [0.5, 0.6) is 0 Å². The van der Waals surface area contributed by atoms with E-state index in [0.29, 0.717) is 6.54 Å². The molecule has 2 aromatic rings. The molecular weight excluding hydrogens is 274 g/mol. The van der Waals surface area contributed by atoms with E-state index in [9.17, 15) is 13.6 Å².